The van der Waals surface area contributed by atoms with Gasteiger partial charge in [0.1, 0.15) is 5.69 Å². The zero-order valence-corrected chi connectivity index (χ0v) is 14.2. The van der Waals surface area contributed by atoms with Crippen molar-refractivity contribution in [1.82, 2.24) is 25.4 Å². The SMILES string of the molecule is O=C(c1ccc2[nH]c(-c3n[nH]c4ccccc34)cc2c1)N1CCNCC1. The number of piperazine rings is 1. The van der Waals surface area contributed by atoms with E-state index in [1.807, 2.05) is 41.3 Å². The third-order valence-corrected chi connectivity index (χ3v) is 5.00. The van der Waals surface area contributed by atoms with Gasteiger partial charge in [0.15, 0.2) is 0 Å². The summed E-state index contributed by atoms with van der Waals surface area (Å²) in [6, 6.07) is 16.0. The van der Waals surface area contributed by atoms with Crippen molar-refractivity contribution in [3.8, 4) is 11.4 Å². The van der Waals surface area contributed by atoms with Crippen LogP contribution >= 0.6 is 0 Å². The molecule has 1 fully saturated rings. The summed E-state index contributed by atoms with van der Waals surface area (Å²) in [5.74, 6) is 0.0985. The molecular formula is C20H19N5O. The topological polar surface area (TPSA) is 76.8 Å². The van der Waals surface area contributed by atoms with Gasteiger partial charge in [-0.1, -0.05) is 18.2 Å². The van der Waals surface area contributed by atoms with Gasteiger partial charge in [-0.15, -0.1) is 0 Å². The summed E-state index contributed by atoms with van der Waals surface area (Å²) in [6.07, 6.45) is 0. The average Bonchev–Trinajstić information content (AvgIpc) is 3.31. The van der Waals surface area contributed by atoms with E-state index in [0.717, 1.165) is 64.9 Å². The summed E-state index contributed by atoms with van der Waals surface area (Å²) < 4.78 is 0. The molecule has 1 aliphatic heterocycles. The van der Waals surface area contributed by atoms with Crippen LogP contribution in [0.1, 0.15) is 10.4 Å². The number of carbonyl (C=O) groups is 1. The van der Waals surface area contributed by atoms with Crippen LogP contribution in [0.15, 0.2) is 48.5 Å². The van der Waals surface area contributed by atoms with Crippen LogP contribution in [-0.4, -0.2) is 52.2 Å². The number of hydrogen-bond acceptors (Lipinski definition) is 3. The third kappa shape index (κ3) is 2.46. The highest BCUT2D eigenvalue weighted by Crippen LogP contribution is 2.29. The maximum absolute atomic E-state index is 12.7. The Bertz CT molecular complexity index is 1100. The number of carbonyl (C=O) groups excluding carboxylic acids is 1. The summed E-state index contributed by atoms with van der Waals surface area (Å²) >= 11 is 0. The molecule has 26 heavy (non-hydrogen) atoms. The lowest BCUT2D eigenvalue weighted by molar-refractivity contribution is 0.0736. The van der Waals surface area contributed by atoms with E-state index in [1.165, 1.54) is 0 Å². The normalized spacial score (nSPS) is 15.0. The number of rotatable bonds is 2. The molecule has 0 bridgehead atoms. The van der Waals surface area contributed by atoms with Crippen LogP contribution < -0.4 is 5.32 Å². The van der Waals surface area contributed by atoms with Gasteiger partial charge in [-0.05, 0) is 30.3 Å². The number of fused-ring (bicyclic) bond motifs is 2. The number of aromatic nitrogens is 3. The van der Waals surface area contributed by atoms with Crippen LogP contribution in [0, 0.1) is 0 Å². The van der Waals surface area contributed by atoms with E-state index in [2.05, 4.69) is 32.6 Å². The highest BCUT2D eigenvalue weighted by atomic mass is 16.2. The molecular weight excluding hydrogens is 326 g/mol. The lowest BCUT2D eigenvalue weighted by atomic mass is 10.1. The molecule has 0 atom stereocenters. The fourth-order valence-corrected chi connectivity index (χ4v) is 3.61. The molecule has 3 heterocycles. The van der Waals surface area contributed by atoms with Crippen molar-refractivity contribution in [2.45, 2.75) is 0 Å². The molecule has 0 aliphatic carbocycles. The molecule has 0 unspecified atom stereocenters. The van der Waals surface area contributed by atoms with Crippen molar-refractivity contribution in [2.75, 3.05) is 26.2 Å². The van der Waals surface area contributed by atoms with Gasteiger partial charge in [0.25, 0.3) is 5.91 Å². The third-order valence-electron chi connectivity index (χ3n) is 5.00. The number of amides is 1. The van der Waals surface area contributed by atoms with Gasteiger partial charge in [0, 0.05) is 48.0 Å². The Morgan fingerprint density at radius 1 is 1.00 bits per heavy atom. The number of aromatic amines is 2. The fraction of sp³-hybridized carbons (Fsp3) is 0.200. The van der Waals surface area contributed by atoms with E-state index in [1.54, 1.807) is 0 Å². The summed E-state index contributed by atoms with van der Waals surface area (Å²) in [7, 11) is 0. The Hall–Kier alpha value is -3.12. The minimum absolute atomic E-state index is 0.0985. The van der Waals surface area contributed by atoms with Crippen LogP contribution in [0.2, 0.25) is 0 Å². The molecule has 1 aliphatic rings. The van der Waals surface area contributed by atoms with Crippen molar-refractivity contribution in [2.24, 2.45) is 0 Å². The monoisotopic (exact) mass is 345 g/mol. The summed E-state index contributed by atoms with van der Waals surface area (Å²) in [6.45, 7) is 3.23. The zero-order valence-electron chi connectivity index (χ0n) is 14.2. The molecule has 0 saturated carbocycles. The first kappa shape index (κ1) is 15.2. The molecule has 2 aromatic heterocycles. The van der Waals surface area contributed by atoms with Crippen molar-refractivity contribution >= 4 is 27.7 Å². The predicted octanol–water partition coefficient (Wildman–Crippen LogP) is 2.76. The standard InChI is InChI=1S/C20H19N5O/c26-20(25-9-7-21-8-10-25)13-5-6-16-14(11-13)12-18(22-16)19-15-3-1-2-4-17(15)23-24-19/h1-6,11-12,21-22H,7-10H2,(H,23,24). The van der Waals surface area contributed by atoms with Gasteiger partial charge in [-0.2, -0.15) is 5.10 Å². The Morgan fingerprint density at radius 3 is 2.73 bits per heavy atom. The van der Waals surface area contributed by atoms with Gasteiger partial charge >= 0.3 is 0 Å². The summed E-state index contributed by atoms with van der Waals surface area (Å²) in [5, 5.41) is 12.9. The Morgan fingerprint density at radius 2 is 1.85 bits per heavy atom. The van der Waals surface area contributed by atoms with Crippen molar-refractivity contribution in [3.63, 3.8) is 0 Å². The molecule has 0 spiro atoms. The Balaban J connectivity index is 1.53. The molecule has 4 aromatic rings. The molecule has 5 rings (SSSR count). The van der Waals surface area contributed by atoms with E-state index in [4.69, 9.17) is 0 Å². The lowest BCUT2D eigenvalue weighted by Crippen LogP contribution is -2.46. The van der Waals surface area contributed by atoms with Crippen LogP contribution in [0.25, 0.3) is 33.2 Å². The Labute approximate surface area is 150 Å². The van der Waals surface area contributed by atoms with Crippen LogP contribution in [0.5, 0.6) is 0 Å². The molecule has 3 N–H and O–H groups in total. The summed E-state index contributed by atoms with van der Waals surface area (Å²) in [4.78, 5) is 18.1. The highest BCUT2D eigenvalue weighted by molar-refractivity contribution is 6.00. The molecule has 6 heteroatoms. The van der Waals surface area contributed by atoms with Crippen molar-refractivity contribution < 1.29 is 4.79 Å². The summed E-state index contributed by atoms with van der Waals surface area (Å²) in [5.41, 5.74) is 4.59. The van der Waals surface area contributed by atoms with Crippen molar-refractivity contribution in [3.05, 3.63) is 54.1 Å². The smallest absolute Gasteiger partial charge is 0.253 e. The molecule has 1 amide bonds. The first-order valence-electron chi connectivity index (χ1n) is 8.86. The minimum atomic E-state index is 0.0985. The molecule has 1 saturated heterocycles. The second kappa shape index (κ2) is 6.00. The zero-order chi connectivity index (χ0) is 17.5. The quantitative estimate of drug-likeness (QED) is 0.523. The largest absolute Gasteiger partial charge is 0.353 e. The number of H-pyrrole nitrogens is 2. The van der Waals surface area contributed by atoms with Gasteiger partial charge in [-0.25, -0.2) is 0 Å². The van der Waals surface area contributed by atoms with Crippen LogP contribution in [-0.2, 0) is 0 Å². The van der Waals surface area contributed by atoms with Crippen LogP contribution in [0.3, 0.4) is 0 Å². The van der Waals surface area contributed by atoms with E-state index < -0.39 is 0 Å². The number of nitrogens with one attached hydrogen (secondary N) is 3. The Kier molecular flexibility index (Phi) is 3.50. The number of benzene rings is 2. The predicted molar refractivity (Wildman–Crippen MR) is 102 cm³/mol. The van der Waals surface area contributed by atoms with E-state index in [-0.39, 0.29) is 5.91 Å². The molecule has 2 aromatic carbocycles. The van der Waals surface area contributed by atoms with E-state index in [0.29, 0.717) is 0 Å². The van der Waals surface area contributed by atoms with Gasteiger partial charge < -0.3 is 15.2 Å². The number of hydrogen-bond donors (Lipinski definition) is 3. The fourth-order valence-electron chi connectivity index (χ4n) is 3.61. The number of nitrogens with zero attached hydrogens (tertiary/aromatic N) is 2. The van der Waals surface area contributed by atoms with E-state index >= 15 is 0 Å². The van der Waals surface area contributed by atoms with Gasteiger partial charge in [0.2, 0.25) is 0 Å². The van der Waals surface area contributed by atoms with E-state index in [9.17, 15) is 4.79 Å². The second-order valence-corrected chi connectivity index (χ2v) is 6.65. The lowest BCUT2D eigenvalue weighted by Gasteiger charge is -2.27. The van der Waals surface area contributed by atoms with Crippen molar-refractivity contribution in [1.29, 1.82) is 0 Å². The van der Waals surface area contributed by atoms with Crippen LogP contribution in [0.4, 0.5) is 0 Å². The first-order valence-corrected chi connectivity index (χ1v) is 8.86. The molecule has 0 radical (unpaired) electrons. The second-order valence-electron chi connectivity index (χ2n) is 6.65. The van der Waals surface area contributed by atoms with Gasteiger partial charge in [-0.3, -0.25) is 9.89 Å². The minimum Gasteiger partial charge on any atom is -0.353 e. The molecule has 130 valence electrons. The molecule has 6 nitrogen and oxygen atoms in total. The first-order chi connectivity index (χ1) is 12.8. The number of para-hydroxylation sites is 1. The average molecular weight is 345 g/mol. The maximum atomic E-state index is 12.7. The van der Waals surface area contributed by atoms with Gasteiger partial charge in [0.05, 0.1) is 11.2 Å². The highest BCUT2D eigenvalue weighted by Gasteiger charge is 2.18. The maximum Gasteiger partial charge on any atom is 0.253 e.